The number of rotatable bonds is 8. The Balaban J connectivity index is 2.69. The van der Waals surface area contributed by atoms with E-state index in [-0.39, 0.29) is 12.0 Å². The quantitative estimate of drug-likeness (QED) is 0.726. The number of thiophene rings is 1. The summed E-state index contributed by atoms with van der Waals surface area (Å²) in [7, 11) is -3.38. The predicted molar refractivity (Wildman–Crippen MR) is 80.9 cm³/mol. The van der Waals surface area contributed by atoms with Crippen LogP contribution in [0, 0.1) is 5.92 Å². The molecule has 0 spiro atoms. The van der Waals surface area contributed by atoms with Gasteiger partial charge >= 0.3 is 0 Å². The third-order valence-electron chi connectivity index (χ3n) is 3.01. The van der Waals surface area contributed by atoms with E-state index in [0.717, 1.165) is 24.4 Å². The molecule has 0 aliphatic rings. The summed E-state index contributed by atoms with van der Waals surface area (Å²) in [5.74, 6) is 0.277. The third-order valence-corrected chi connectivity index (χ3v) is 5.63. The van der Waals surface area contributed by atoms with Crippen molar-refractivity contribution < 1.29 is 8.42 Å². The van der Waals surface area contributed by atoms with Gasteiger partial charge in [-0.2, -0.15) is 0 Å². The Hall–Kier alpha value is -0.430. The van der Waals surface area contributed by atoms with Crippen LogP contribution in [0.2, 0.25) is 0 Å². The maximum absolute atomic E-state index is 12.2. The Morgan fingerprint density at radius 2 is 2.00 bits per heavy atom. The van der Waals surface area contributed by atoms with Gasteiger partial charge in [-0.3, -0.25) is 0 Å². The van der Waals surface area contributed by atoms with Crippen LogP contribution in [0.25, 0.3) is 0 Å². The molecular weight excluding hydrogens is 280 g/mol. The fourth-order valence-corrected chi connectivity index (χ4v) is 4.07. The van der Waals surface area contributed by atoms with Gasteiger partial charge in [0.05, 0.1) is 4.90 Å². The molecule has 1 unspecified atom stereocenters. The third kappa shape index (κ3) is 5.22. The summed E-state index contributed by atoms with van der Waals surface area (Å²) in [5, 5.41) is 4.98. The Bertz CT molecular complexity index is 481. The average Bonchev–Trinajstić information content (AvgIpc) is 2.78. The molecular formula is C13H24N2O2S2. The van der Waals surface area contributed by atoms with E-state index in [2.05, 4.69) is 17.0 Å². The van der Waals surface area contributed by atoms with E-state index in [0.29, 0.717) is 4.90 Å². The normalized spacial score (nSPS) is 13.9. The molecule has 0 radical (unpaired) electrons. The van der Waals surface area contributed by atoms with Gasteiger partial charge in [-0.15, -0.1) is 11.3 Å². The van der Waals surface area contributed by atoms with E-state index in [4.69, 9.17) is 0 Å². The van der Waals surface area contributed by atoms with Crippen molar-refractivity contribution in [2.75, 3.05) is 6.54 Å². The second kappa shape index (κ2) is 7.38. The van der Waals surface area contributed by atoms with Gasteiger partial charge in [0.25, 0.3) is 0 Å². The van der Waals surface area contributed by atoms with E-state index in [1.165, 1.54) is 11.3 Å². The van der Waals surface area contributed by atoms with Crippen LogP contribution < -0.4 is 10.0 Å². The first kappa shape index (κ1) is 16.6. The van der Waals surface area contributed by atoms with E-state index in [1.807, 2.05) is 20.8 Å². The highest BCUT2D eigenvalue weighted by Crippen LogP contribution is 2.20. The molecule has 0 saturated heterocycles. The van der Waals surface area contributed by atoms with Gasteiger partial charge in [0, 0.05) is 22.8 Å². The highest BCUT2D eigenvalue weighted by Gasteiger charge is 2.20. The van der Waals surface area contributed by atoms with Gasteiger partial charge < -0.3 is 5.32 Å². The largest absolute Gasteiger partial charge is 0.312 e. The number of hydrogen-bond acceptors (Lipinski definition) is 4. The topological polar surface area (TPSA) is 58.2 Å². The molecule has 19 heavy (non-hydrogen) atoms. The van der Waals surface area contributed by atoms with Crippen LogP contribution in [0.5, 0.6) is 0 Å². The number of hydrogen-bond donors (Lipinski definition) is 2. The summed E-state index contributed by atoms with van der Waals surface area (Å²) in [6.07, 6.45) is 1.07. The molecule has 1 atom stereocenters. The maximum atomic E-state index is 12.2. The first-order valence-electron chi connectivity index (χ1n) is 6.67. The Labute approximate surface area is 120 Å². The molecule has 0 saturated carbocycles. The van der Waals surface area contributed by atoms with Crippen LogP contribution in [0.3, 0.4) is 0 Å². The zero-order valence-electron chi connectivity index (χ0n) is 12.1. The Morgan fingerprint density at radius 1 is 1.32 bits per heavy atom. The van der Waals surface area contributed by atoms with E-state index in [9.17, 15) is 8.42 Å². The van der Waals surface area contributed by atoms with Crippen LogP contribution in [0.4, 0.5) is 0 Å². The first-order chi connectivity index (χ1) is 8.86. The minimum atomic E-state index is -3.38. The highest BCUT2D eigenvalue weighted by molar-refractivity contribution is 7.89. The lowest BCUT2D eigenvalue weighted by Crippen LogP contribution is -2.35. The molecule has 110 valence electrons. The summed E-state index contributed by atoms with van der Waals surface area (Å²) in [6, 6.07) is 1.69. The fraction of sp³-hybridized carbons (Fsp3) is 0.692. The molecule has 0 fully saturated rings. The van der Waals surface area contributed by atoms with Gasteiger partial charge in [0.15, 0.2) is 0 Å². The van der Waals surface area contributed by atoms with Gasteiger partial charge in [-0.1, -0.05) is 20.8 Å². The molecule has 0 aliphatic carbocycles. The average molecular weight is 304 g/mol. The summed E-state index contributed by atoms with van der Waals surface area (Å²) in [4.78, 5) is 1.42. The zero-order valence-corrected chi connectivity index (χ0v) is 13.7. The summed E-state index contributed by atoms with van der Waals surface area (Å²) < 4.78 is 27.0. The summed E-state index contributed by atoms with van der Waals surface area (Å²) in [6.45, 7) is 9.67. The minimum absolute atomic E-state index is 0.0634. The van der Waals surface area contributed by atoms with Crippen molar-refractivity contribution in [1.82, 2.24) is 10.0 Å². The number of sulfonamides is 1. The lowest BCUT2D eigenvalue weighted by Gasteiger charge is -2.16. The molecule has 1 aromatic heterocycles. The standard InChI is InChI=1S/C13H24N2O2S2/c1-5-6-14-8-12-7-13(9-18-12)19(16,17)15-11(4)10(2)3/h7,9-11,14-15H,5-6,8H2,1-4H3. The summed E-state index contributed by atoms with van der Waals surface area (Å²) in [5.41, 5.74) is 0. The molecule has 1 heterocycles. The maximum Gasteiger partial charge on any atom is 0.241 e. The molecule has 0 aliphatic heterocycles. The molecule has 1 aromatic rings. The van der Waals surface area contributed by atoms with Crippen LogP contribution in [0.15, 0.2) is 16.3 Å². The Morgan fingerprint density at radius 3 is 2.58 bits per heavy atom. The van der Waals surface area contributed by atoms with Crippen molar-refractivity contribution in [3.8, 4) is 0 Å². The van der Waals surface area contributed by atoms with Crippen LogP contribution in [-0.2, 0) is 16.6 Å². The fourth-order valence-electron chi connectivity index (χ4n) is 1.43. The smallest absolute Gasteiger partial charge is 0.241 e. The Kier molecular flexibility index (Phi) is 6.46. The highest BCUT2D eigenvalue weighted by atomic mass is 32.2. The molecule has 0 bridgehead atoms. The predicted octanol–water partition coefficient (Wildman–Crippen LogP) is 2.57. The lowest BCUT2D eigenvalue weighted by molar-refractivity contribution is 0.476. The minimum Gasteiger partial charge on any atom is -0.312 e. The molecule has 0 aromatic carbocycles. The second-order valence-corrected chi connectivity index (χ2v) is 7.79. The monoisotopic (exact) mass is 304 g/mol. The molecule has 4 nitrogen and oxygen atoms in total. The van der Waals surface area contributed by atoms with Gasteiger partial charge in [0.2, 0.25) is 10.0 Å². The van der Waals surface area contributed by atoms with Crippen molar-refractivity contribution in [1.29, 1.82) is 0 Å². The van der Waals surface area contributed by atoms with Crippen molar-refractivity contribution in [3.05, 3.63) is 16.3 Å². The van der Waals surface area contributed by atoms with E-state index >= 15 is 0 Å². The molecule has 2 N–H and O–H groups in total. The lowest BCUT2D eigenvalue weighted by atomic mass is 10.1. The van der Waals surface area contributed by atoms with Gasteiger partial charge in [-0.25, -0.2) is 13.1 Å². The van der Waals surface area contributed by atoms with E-state index in [1.54, 1.807) is 11.4 Å². The summed E-state index contributed by atoms with van der Waals surface area (Å²) >= 11 is 1.48. The van der Waals surface area contributed by atoms with E-state index < -0.39 is 10.0 Å². The van der Waals surface area contributed by atoms with Crippen LogP contribution in [-0.4, -0.2) is 21.0 Å². The van der Waals surface area contributed by atoms with Crippen LogP contribution >= 0.6 is 11.3 Å². The van der Waals surface area contributed by atoms with Gasteiger partial charge in [0.1, 0.15) is 0 Å². The van der Waals surface area contributed by atoms with Crippen molar-refractivity contribution in [2.45, 2.75) is 51.6 Å². The van der Waals surface area contributed by atoms with Crippen molar-refractivity contribution >= 4 is 21.4 Å². The van der Waals surface area contributed by atoms with Gasteiger partial charge in [-0.05, 0) is 31.9 Å². The second-order valence-electron chi connectivity index (χ2n) is 5.08. The van der Waals surface area contributed by atoms with Crippen molar-refractivity contribution in [2.24, 2.45) is 5.92 Å². The first-order valence-corrected chi connectivity index (χ1v) is 9.03. The molecule has 0 amide bonds. The molecule has 1 rings (SSSR count). The molecule has 6 heteroatoms. The number of nitrogens with one attached hydrogen (secondary N) is 2. The van der Waals surface area contributed by atoms with Crippen molar-refractivity contribution in [3.63, 3.8) is 0 Å². The zero-order chi connectivity index (χ0) is 14.5. The van der Waals surface area contributed by atoms with Crippen LogP contribution in [0.1, 0.15) is 39.0 Å². The SMILES string of the molecule is CCCNCc1cc(S(=O)(=O)NC(C)C(C)C)cs1.